The summed E-state index contributed by atoms with van der Waals surface area (Å²) in [4.78, 5) is 25.0. The summed E-state index contributed by atoms with van der Waals surface area (Å²) in [7, 11) is 0. The van der Waals surface area contributed by atoms with Gasteiger partial charge in [0.1, 0.15) is 11.5 Å². The number of nitrogens with zero attached hydrogens (tertiary/aromatic N) is 1. The van der Waals surface area contributed by atoms with Crippen LogP contribution in [0.5, 0.6) is 17.2 Å². The summed E-state index contributed by atoms with van der Waals surface area (Å²) in [6.45, 7) is 3.89. The van der Waals surface area contributed by atoms with E-state index in [1.807, 2.05) is 13.8 Å². The SMILES string of the molecule is CC(C)c1cc(Oc2c(Cl)cc(-n3[nH]c(=O)[nH]c3=O)cc2Cl)ccc1O. The summed E-state index contributed by atoms with van der Waals surface area (Å²) in [6, 6.07) is 7.71. The molecular formula is C17H15Cl2N3O4. The average Bonchev–Trinajstić information content (AvgIpc) is 2.90. The molecule has 0 aliphatic carbocycles. The first-order valence-electron chi connectivity index (χ1n) is 7.67. The first-order valence-corrected chi connectivity index (χ1v) is 8.43. The highest BCUT2D eigenvalue weighted by atomic mass is 35.5. The van der Waals surface area contributed by atoms with Crippen molar-refractivity contribution in [1.82, 2.24) is 14.8 Å². The molecular weight excluding hydrogens is 381 g/mol. The van der Waals surface area contributed by atoms with E-state index in [4.69, 9.17) is 27.9 Å². The van der Waals surface area contributed by atoms with Crippen LogP contribution in [-0.2, 0) is 0 Å². The number of aromatic hydroxyl groups is 1. The summed E-state index contributed by atoms with van der Waals surface area (Å²) in [6.07, 6.45) is 0. The van der Waals surface area contributed by atoms with Gasteiger partial charge in [0, 0.05) is 5.56 Å². The Balaban J connectivity index is 2.00. The molecule has 7 nitrogen and oxygen atoms in total. The minimum Gasteiger partial charge on any atom is -0.508 e. The predicted octanol–water partition coefficient (Wildman–Crippen LogP) is 3.78. The minimum absolute atomic E-state index is 0.101. The zero-order valence-corrected chi connectivity index (χ0v) is 15.4. The van der Waals surface area contributed by atoms with Gasteiger partial charge in [-0.15, -0.1) is 0 Å². The minimum atomic E-state index is -0.645. The van der Waals surface area contributed by atoms with E-state index in [1.165, 1.54) is 18.2 Å². The third-order valence-corrected chi connectivity index (χ3v) is 4.28. The van der Waals surface area contributed by atoms with E-state index in [0.29, 0.717) is 5.75 Å². The Hall–Kier alpha value is -2.64. The van der Waals surface area contributed by atoms with Crippen molar-refractivity contribution in [3.8, 4) is 22.9 Å². The molecule has 0 aliphatic heterocycles. The largest absolute Gasteiger partial charge is 0.508 e. The third kappa shape index (κ3) is 3.49. The molecule has 0 amide bonds. The Labute approximate surface area is 157 Å². The first kappa shape index (κ1) is 18.2. The highest BCUT2D eigenvalue weighted by Gasteiger charge is 2.15. The molecule has 1 heterocycles. The van der Waals surface area contributed by atoms with Crippen LogP contribution >= 0.6 is 23.2 Å². The fourth-order valence-electron chi connectivity index (χ4n) is 2.46. The molecule has 0 radical (unpaired) electrons. The molecule has 2 aromatic carbocycles. The van der Waals surface area contributed by atoms with Gasteiger partial charge in [-0.2, -0.15) is 0 Å². The molecule has 136 valence electrons. The first-order chi connectivity index (χ1) is 12.3. The molecule has 3 N–H and O–H groups in total. The fourth-order valence-corrected chi connectivity index (χ4v) is 3.02. The van der Waals surface area contributed by atoms with Crippen LogP contribution in [-0.4, -0.2) is 19.9 Å². The van der Waals surface area contributed by atoms with Crippen molar-refractivity contribution in [2.75, 3.05) is 0 Å². The number of nitrogens with one attached hydrogen (secondary N) is 2. The molecule has 1 aromatic heterocycles. The number of phenols is 1. The van der Waals surface area contributed by atoms with Crippen LogP contribution in [0.2, 0.25) is 10.0 Å². The summed E-state index contributed by atoms with van der Waals surface area (Å²) in [5.74, 6) is 0.929. The Kier molecular flexibility index (Phi) is 4.84. The van der Waals surface area contributed by atoms with Gasteiger partial charge >= 0.3 is 11.4 Å². The van der Waals surface area contributed by atoms with Crippen molar-refractivity contribution in [3.05, 3.63) is 66.9 Å². The smallest absolute Gasteiger partial charge is 0.349 e. The number of phenolic OH excluding ortho intramolecular Hbond substituents is 1. The number of hydrogen-bond acceptors (Lipinski definition) is 4. The number of H-pyrrole nitrogens is 2. The average molecular weight is 396 g/mol. The Morgan fingerprint density at radius 2 is 1.77 bits per heavy atom. The van der Waals surface area contributed by atoms with Gasteiger partial charge in [0.15, 0.2) is 5.75 Å². The van der Waals surface area contributed by atoms with Crippen LogP contribution in [0, 0.1) is 0 Å². The number of hydrogen-bond donors (Lipinski definition) is 3. The summed E-state index contributed by atoms with van der Waals surface area (Å²) < 4.78 is 6.76. The van der Waals surface area contributed by atoms with Crippen LogP contribution in [0.4, 0.5) is 0 Å². The van der Waals surface area contributed by atoms with Crippen LogP contribution < -0.4 is 16.1 Å². The van der Waals surface area contributed by atoms with E-state index in [1.54, 1.807) is 12.1 Å². The molecule has 0 fully saturated rings. The van der Waals surface area contributed by atoms with E-state index in [9.17, 15) is 14.7 Å². The Morgan fingerprint density at radius 3 is 2.31 bits per heavy atom. The predicted molar refractivity (Wildman–Crippen MR) is 99.3 cm³/mol. The number of aromatic amines is 2. The van der Waals surface area contributed by atoms with Gasteiger partial charge in [-0.25, -0.2) is 19.4 Å². The third-order valence-electron chi connectivity index (χ3n) is 3.72. The Bertz CT molecular complexity index is 1060. The second-order valence-electron chi connectivity index (χ2n) is 5.92. The molecule has 3 aromatic rings. The van der Waals surface area contributed by atoms with Gasteiger partial charge in [0.25, 0.3) is 0 Å². The van der Waals surface area contributed by atoms with Crippen molar-refractivity contribution in [3.63, 3.8) is 0 Å². The quantitative estimate of drug-likeness (QED) is 0.625. The van der Waals surface area contributed by atoms with Gasteiger partial charge in [-0.3, -0.25) is 4.98 Å². The zero-order chi connectivity index (χ0) is 19.0. The van der Waals surface area contributed by atoms with Gasteiger partial charge in [-0.05, 0) is 36.2 Å². The summed E-state index contributed by atoms with van der Waals surface area (Å²) in [5, 5.41) is 12.5. The molecule has 9 heteroatoms. The summed E-state index contributed by atoms with van der Waals surface area (Å²) >= 11 is 12.5. The van der Waals surface area contributed by atoms with Crippen molar-refractivity contribution < 1.29 is 9.84 Å². The highest BCUT2D eigenvalue weighted by molar-refractivity contribution is 6.37. The van der Waals surface area contributed by atoms with Gasteiger partial charge in [0.2, 0.25) is 0 Å². The Morgan fingerprint density at radius 1 is 1.12 bits per heavy atom. The lowest BCUT2D eigenvalue weighted by Gasteiger charge is -2.14. The van der Waals surface area contributed by atoms with E-state index in [-0.39, 0.29) is 33.1 Å². The standard InChI is InChI=1S/C17H15Cl2N3O4/c1-8(2)11-7-10(3-4-14(11)23)26-15-12(18)5-9(6-13(15)19)22-17(25)20-16(24)21-22/h3-8,23H,1-2H3,(H2,20,21,24,25). The van der Waals surface area contributed by atoms with E-state index >= 15 is 0 Å². The monoisotopic (exact) mass is 395 g/mol. The van der Waals surface area contributed by atoms with Gasteiger partial charge in [-0.1, -0.05) is 37.0 Å². The highest BCUT2D eigenvalue weighted by Crippen LogP contribution is 2.39. The fraction of sp³-hybridized carbons (Fsp3) is 0.176. The molecule has 3 rings (SSSR count). The van der Waals surface area contributed by atoms with Crippen molar-refractivity contribution in [2.45, 2.75) is 19.8 Å². The van der Waals surface area contributed by atoms with Gasteiger partial charge < -0.3 is 9.84 Å². The maximum Gasteiger partial charge on any atom is 0.349 e. The lowest BCUT2D eigenvalue weighted by atomic mass is 10.0. The van der Waals surface area contributed by atoms with Crippen LogP contribution in [0.1, 0.15) is 25.3 Å². The molecule has 0 spiro atoms. The second kappa shape index (κ2) is 6.93. The number of benzene rings is 2. The van der Waals surface area contributed by atoms with E-state index < -0.39 is 11.4 Å². The molecule has 26 heavy (non-hydrogen) atoms. The number of aromatic nitrogens is 3. The van der Waals surface area contributed by atoms with Crippen molar-refractivity contribution >= 4 is 23.2 Å². The molecule has 0 unspecified atom stereocenters. The number of halogens is 2. The van der Waals surface area contributed by atoms with Crippen LogP contribution in [0.15, 0.2) is 39.9 Å². The molecule has 0 aliphatic rings. The van der Waals surface area contributed by atoms with E-state index in [2.05, 4.69) is 10.1 Å². The van der Waals surface area contributed by atoms with E-state index in [0.717, 1.165) is 10.2 Å². The maximum atomic E-state index is 11.7. The zero-order valence-electron chi connectivity index (χ0n) is 13.8. The molecule has 0 saturated carbocycles. The number of rotatable bonds is 4. The molecule has 0 atom stereocenters. The normalized spacial score (nSPS) is 11.1. The van der Waals surface area contributed by atoms with Crippen LogP contribution in [0.3, 0.4) is 0 Å². The maximum absolute atomic E-state index is 11.7. The number of ether oxygens (including phenoxy) is 1. The molecule has 0 bridgehead atoms. The summed E-state index contributed by atoms with van der Waals surface area (Å²) in [5.41, 5.74) is -0.282. The van der Waals surface area contributed by atoms with Crippen molar-refractivity contribution in [1.29, 1.82) is 0 Å². The van der Waals surface area contributed by atoms with Crippen LogP contribution in [0.25, 0.3) is 5.69 Å². The topological polar surface area (TPSA) is 100 Å². The lowest BCUT2D eigenvalue weighted by molar-refractivity contribution is 0.455. The second-order valence-corrected chi connectivity index (χ2v) is 6.74. The lowest BCUT2D eigenvalue weighted by Crippen LogP contribution is -2.16. The molecule has 0 saturated heterocycles. The van der Waals surface area contributed by atoms with Crippen molar-refractivity contribution in [2.24, 2.45) is 0 Å². The van der Waals surface area contributed by atoms with Gasteiger partial charge in [0.05, 0.1) is 15.7 Å².